The van der Waals surface area contributed by atoms with E-state index in [9.17, 15) is 14.0 Å². The van der Waals surface area contributed by atoms with E-state index in [0.29, 0.717) is 10.6 Å². The van der Waals surface area contributed by atoms with Crippen molar-refractivity contribution in [3.63, 3.8) is 0 Å². The summed E-state index contributed by atoms with van der Waals surface area (Å²) >= 11 is 1.20. The smallest absolute Gasteiger partial charge is 0.268 e. The second-order valence-electron chi connectivity index (χ2n) is 4.43. The van der Waals surface area contributed by atoms with Crippen LogP contribution in [0.15, 0.2) is 35.7 Å². The summed E-state index contributed by atoms with van der Waals surface area (Å²) in [6.45, 7) is 0. The number of nitrogens with one attached hydrogen (secondary N) is 2. The maximum Gasteiger partial charge on any atom is 0.268 e. The van der Waals surface area contributed by atoms with Crippen LogP contribution in [0.3, 0.4) is 0 Å². The lowest BCUT2D eigenvalue weighted by molar-refractivity contribution is 0.0858. The van der Waals surface area contributed by atoms with Gasteiger partial charge in [0.1, 0.15) is 10.8 Å². The summed E-state index contributed by atoms with van der Waals surface area (Å²) < 4.78 is 13.6. The van der Waals surface area contributed by atoms with Crippen molar-refractivity contribution < 1.29 is 14.0 Å². The second-order valence-corrected chi connectivity index (χ2v) is 5.35. The molecule has 0 unspecified atom stereocenters. The maximum atomic E-state index is 13.6. The molecule has 21 heavy (non-hydrogen) atoms. The Balaban J connectivity index is 2.18. The van der Waals surface area contributed by atoms with Gasteiger partial charge in [0.05, 0.1) is 11.1 Å². The van der Waals surface area contributed by atoms with Gasteiger partial charge in [-0.1, -0.05) is 12.1 Å². The van der Waals surface area contributed by atoms with E-state index in [-0.39, 0.29) is 11.5 Å². The highest BCUT2D eigenvalue weighted by Crippen LogP contribution is 2.24. The number of halogens is 1. The molecule has 0 radical (unpaired) electrons. The van der Waals surface area contributed by atoms with Gasteiger partial charge in [-0.25, -0.2) is 9.40 Å². The van der Waals surface area contributed by atoms with Crippen LogP contribution in [0, 0.1) is 5.82 Å². The maximum absolute atomic E-state index is 13.6. The number of anilines is 1. The average molecular weight is 307 g/mol. The van der Waals surface area contributed by atoms with Crippen LogP contribution in [0.5, 0.6) is 0 Å². The number of hydrogen-bond acceptors (Lipinski definition) is 4. The molecule has 0 spiro atoms. The molecule has 7 heteroatoms. The van der Waals surface area contributed by atoms with E-state index in [0.717, 1.165) is 0 Å². The number of benzene rings is 1. The number of thiophene rings is 1. The van der Waals surface area contributed by atoms with Gasteiger partial charge in [0.15, 0.2) is 0 Å². The average Bonchev–Trinajstić information content (AvgIpc) is 2.86. The zero-order valence-corrected chi connectivity index (χ0v) is 12.3. The Morgan fingerprint density at radius 3 is 2.48 bits per heavy atom. The fourth-order valence-corrected chi connectivity index (χ4v) is 2.44. The van der Waals surface area contributed by atoms with Crippen LogP contribution in [0.2, 0.25) is 0 Å². The van der Waals surface area contributed by atoms with Crippen LogP contribution in [-0.4, -0.2) is 30.9 Å². The van der Waals surface area contributed by atoms with Crippen molar-refractivity contribution in [2.45, 2.75) is 0 Å². The number of carbonyl (C=O) groups is 2. The Bertz CT molecular complexity index is 670. The lowest BCUT2D eigenvalue weighted by Crippen LogP contribution is -2.36. The summed E-state index contributed by atoms with van der Waals surface area (Å²) in [4.78, 5) is 24.0. The van der Waals surface area contributed by atoms with Gasteiger partial charge in [0.2, 0.25) is 0 Å². The first kappa shape index (κ1) is 15.1. The van der Waals surface area contributed by atoms with E-state index in [1.165, 1.54) is 34.5 Å². The molecular formula is C14H14FN3O2S. The van der Waals surface area contributed by atoms with Crippen LogP contribution < -0.4 is 10.7 Å². The summed E-state index contributed by atoms with van der Waals surface area (Å²) in [6.07, 6.45) is 0. The molecule has 0 saturated carbocycles. The molecule has 2 amide bonds. The molecule has 0 atom stereocenters. The van der Waals surface area contributed by atoms with Crippen molar-refractivity contribution in [3.05, 3.63) is 52.7 Å². The summed E-state index contributed by atoms with van der Waals surface area (Å²) in [6, 6.07) is 7.28. The van der Waals surface area contributed by atoms with Crippen LogP contribution in [0.25, 0.3) is 0 Å². The largest absolute Gasteiger partial charge is 0.313 e. The van der Waals surface area contributed by atoms with Crippen LogP contribution in [-0.2, 0) is 0 Å². The normalized spacial score (nSPS) is 10.5. The Morgan fingerprint density at radius 2 is 1.81 bits per heavy atom. The number of hydrogen-bond donors (Lipinski definition) is 2. The van der Waals surface area contributed by atoms with Gasteiger partial charge in [-0.3, -0.25) is 15.0 Å². The standard InChI is InChI=1S/C14H14FN3O2S/c1-18(2)17-13(20)10-7-8-21-14(10)16-12(19)9-5-3-4-6-11(9)15/h3-8H,1-2H3,(H,16,19)(H,17,20). The highest BCUT2D eigenvalue weighted by atomic mass is 32.1. The minimum Gasteiger partial charge on any atom is -0.313 e. The molecule has 1 aromatic carbocycles. The molecule has 5 nitrogen and oxygen atoms in total. The number of amides is 2. The van der Waals surface area contributed by atoms with Crippen LogP contribution in [0.1, 0.15) is 20.7 Å². The topological polar surface area (TPSA) is 61.4 Å². The van der Waals surface area contributed by atoms with E-state index in [1.807, 2.05) is 0 Å². The van der Waals surface area contributed by atoms with E-state index in [2.05, 4.69) is 10.7 Å². The fraction of sp³-hybridized carbons (Fsp3) is 0.143. The molecule has 0 aliphatic carbocycles. The molecule has 0 bridgehead atoms. The monoisotopic (exact) mass is 307 g/mol. The highest BCUT2D eigenvalue weighted by molar-refractivity contribution is 7.14. The minimum absolute atomic E-state index is 0.0649. The number of hydrazine groups is 1. The summed E-state index contributed by atoms with van der Waals surface area (Å²) in [5, 5.41) is 6.12. The molecule has 2 aromatic rings. The van der Waals surface area contributed by atoms with Crippen molar-refractivity contribution in [1.82, 2.24) is 10.4 Å². The molecule has 0 fully saturated rings. The van der Waals surface area contributed by atoms with E-state index >= 15 is 0 Å². The van der Waals surface area contributed by atoms with Crippen molar-refractivity contribution >= 4 is 28.2 Å². The first-order valence-corrected chi connectivity index (χ1v) is 6.98. The Morgan fingerprint density at radius 1 is 1.10 bits per heavy atom. The predicted molar refractivity (Wildman–Crippen MR) is 79.8 cm³/mol. The van der Waals surface area contributed by atoms with Crippen molar-refractivity contribution in [2.24, 2.45) is 0 Å². The minimum atomic E-state index is -0.606. The van der Waals surface area contributed by atoms with Gasteiger partial charge < -0.3 is 5.32 Å². The van der Waals surface area contributed by atoms with Crippen molar-refractivity contribution in [1.29, 1.82) is 0 Å². The van der Waals surface area contributed by atoms with Gasteiger partial charge in [0.25, 0.3) is 11.8 Å². The van der Waals surface area contributed by atoms with E-state index in [4.69, 9.17) is 0 Å². The SMILES string of the molecule is CN(C)NC(=O)c1ccsc1NC(=O)c1ccccc1F. The molecule has 0 aliphatic rings. The second kappa shape index (κ2) is 6.47. The van der Waals surface area contributed by atoms with E-state index in [1.54, 1.807) is 31.6 Å². The van der Waals surface area contributed by atoms with Crippen LogP contribution in [0.4, 0.5) is 9.39 Å². The number of rotatable bonds is 4. The lowest BCUT2D eigenvalue weighted by Gasteiger charge is -2.12. The number of carbonyl (C=O) groups excluding carboxylic acids is 2. The third-order valence-electron chi connectivity index (χ3n) is 2.58. The molecular weight excluding hydrogens is 293 g/mol. The zero-order valence-electron chi connectivity index (χ0n) is 11.5. The zero-order chi connectivity index (χ0) is 15.4. The fourth-order valence-electron chi connectivity index (χ4n) is 1.66. The van der Waals surface area contributed by atoms with Gasteiger partial charge in [-0.05, 0) is 23.6 Å². The first-order chi connectivity index (χ1) is 9.99. The third-order valence-corrected chi connectivity index (χ3v) is 3.41. The predicted octanol–water partition coefficient (Wildman–Crippen LogP) is 2.35. The molecule has 0 aliphatic heterocycles. The molecule has 2 rings (SSSR count). The van der Waals surface area contributed by atoms with Gasteiger partial charge >= 0.3 is 0 Å². The highest BCUT2D eigenvalue weighted by Gasteiger charge is 2.17. The molecule has 0 saturated heterocycles. The lowest BCUT2D eigenvalue weighted by atomic mass is 10.2. The molecule has 110 valence electrons. The Hall–Kier alpha value is -2.25. The summed E-state index contributed by atoms with van der Waals surface area (Å²) in [5.74, 6) is -1.54. The quantitative estimate of drug-likeness (QED) is 0.852. The molecule has 2 N–H and O–H groups in total. The Kier molecular flexibility index (Phi) is 4.66. The Labute approximate surface area is 125 Å². The van der Waals surface area contributed by atoms with E-state index < -0.39 is 11.7 Å². The van der Waals surface area contributed by atoms with Gasteiger partial charge in [-0.2, -0.15) is 0 Å². The summed E-state index contributed by atoms with van der Waals surface area (Å²) in [5.41, 5.74) is 2.85. The van der Waals surface area contributed by atoms with Crippen LogP contribution >= 0.6 is 11.3 Å². The number of nitrogens with zero attached hydrogens (tertiary/aromatic N) is 1. The molecule has 1 aromatic heterocycles. The van der Waals surface area contributed by atoms with Gasteiger partial charge in [0, 0.05) is 14.1 Å². The van der Waals surface area contributed by atoms with Crippen molar-refractivity contribution in [2.75, 3.05) is 19.4 Å². The van der Waals surface area contributed by atoms with Crippen molar-refractivity contribution in [3.8, 4) is 0 Å². The third kappa shape index (κ3) is 3.65. The first-order valence-electron chi connectivity index (χ1n) is 6.10. The van der Waals surface area contributed by atoms with Gasteiger partial charge in [-0.15, -0.1) is 11.3 Å². The molecule has 1 heterocycles. The summed E-state index contributed by atoms with van der Waals surface area (Å²) in [7, 11) is 3.36.